The summed E-state index contributed by atoms with van der Waals surface area (Å²) in [5.41, 5.74) is 1.70. The largest absolute Gasteiger partial charge is 0.327 e. The summed E-state index contributed by atoms with van der Waals surface area (Å²) in [6.45, 7) is 5.39. The second-order valence-electron chi connectivity index (χ2n) is 5.42. The summed E-state index contributed by atoms with van der Waals surface area (Å²) in [4.78, 5) is 17.5. The Kier molecular flexibility index (Phi) is 3.15. The molecule has 1 atom stereocenters. The summed E-state index contributed by atoms with van der Waals surface area (Å²) in [6.07, 6.45) is 2.28. The van der Waals surface area contributed by atoms with E-state index in [2.05, 4.69) is 23.7 Å². The molecule has 1 N–H and O–H groups in total. The first-order valence-corrected chi connectivity index (χ1v) is 7.11. The Bertz CT molecular complexity index is 658. The number of likely N-dealkylation sites (tertiary alicyclic amines) is 1. The number of hydrogen-bond acceptors (Lipinski definition) is 2. The van der Waals surface area contributed by atoms with E-state index in [1.54, 1.807) is 6.07 Å². The maximum Gasteiger partial charge on any atom is 0.327 e. The van der Waals surface area contributed by atoms with Gasteiger partial charge in [-0.05, 0) is 44.9 Å². The molecule has 1 fully saturated rings. The second-order valence-corrected chi connectivity index (χ2v) is 5.85. The average Bonchev–Trinajstić information content (AvgIpc) is 2.91. The van der Waals surface area contributed by atoms with Crippen molar-refractivity contribution in [2.75, 3.05) is 6.54 Å². The first-order chi connectivity index (χ1) is 9.08. The lowest BCUT2D eigenvalue weighted by Gasteiger charge is -2.29. The fourth-order valence-corrected chi connectivity index (χ4v) is 3.21. The third-order valence-electron chi connectivity index (χ3n) is 3.90. The molecule has 0 radical (unpaired) electrons. The minimum atomic E-state index is -0.0465. The zero-order valence-corrected chi connectivity index (χ0v) is 11.9. The van der Waals surface area contributed by atoms with Crippen molar-refractivity contribution in [3.63, 3.8) is 0 Å². The van der Waals surface area contributed by atoms with Gasteiger partial charge in [0, 0.05) is 17.6 Å². The summed E-state index contributed by atoms with van der Waals surface area (Å²) in [5.74, 6) is 0. The Morgan fingerprint density at radius 3 is 2.95 bits per heavy atom. The van der Waals surface area contributed by atoms with Gasteiger partial charge in [-0.1, -0.05) is 11.6 Å². The van der Waals surface area contributed by atoms with Crippen molar-refractivity contribution in [1.82, 2.24) is 14.5 Å². The van der Waals surface area contributed by atoms with Crippen molar-refractivity contribution >= 4 is 22.6 Å². The second kappa shape index (κ2) is 4.69. The number of benzene rings is 1. The summed E-state index contributed by atoms with van der Waals surface area (Å²) < 4.78 is 1.86. The van der Waals surface area contributed by atoms with Crippen molar-refractivity contribution < 1.29 is 0 Å². The third-order valence-corrected chi connectivity index (χ3v) is 4.14. The highest BCUT2D eigenvalue weighted by atomic mass is 35.5. The SMILES string of the molecule is CC(C)N1CCCC1n1c(=O)[nH]c2ccc(Cl)cc21. The van der Waals surface area contributed by atoms with E-state index < -0.39 is 0 Å². The molecular weight excluding hydrogens is 262 g/mol. The van der Waals surface area contributed by atoms with Gasteiger partial charge in [0.2, 0.25) is 0 Å². The Morgan fingerprint density at radius 1 is 1.42 bits per heavy atom. The third kappa shape index (κ3) is 2.09. The smallest absolute Gasteiger partial charge is 0.305 e. The Hall–Kier alpha value is -1.26. The first-order valence-electron chi connectivity index (χ1n) is 6.73. The number of H-pyrrole nitrogens is 1. The molecule has 1 aromatic heterocycles. The maximum atomic E-state index is 12.2. The number of aromatic nitrogens is 2. The van der Waals surface area contributed by atoms with Gasteiger partial charge < -0.3 is 4.98 Å². The van der Waals surface area contributed by atoms with Crippen LogP contribution in [-0.4, -0.2) is 27.0 Å². The highest BCUT2D eigenvalue weighted by molar-refractivity contribution is 6.31. The fraction of sp³-hybridized carbons (Fsp3) is 0.500. The van der Waals surface area contributed by atoms with Crippen molar-refractivity contribution in [3.8, 4) is 0 Å². The number of nitrogens with one attached hydrogen (secondary N) is 1. The van der Waals surface area contributed by atoms with E-state index in [9.17, 15) is 4.79 Å². The molecule has 1 saturated heterocycles. The number of rotatable bonds is 2. The van der Waals surface area contributed by atoms with Gasteiger partial charge in [0.15, 0.2) is 0 Å². The van der Waals surface area contributed by atoms with Gasteiger partial charge in [-0.2, -0.15) is 0 Å². The molecule has 1 aromatic carbocycles. The molecular formula is C14H18ClN3O. The number of hydrogen-bond donors (Lipinski definition) is 1. The van der Waals surface area contributed by atoms with E-state index in [1.807, 2.05) is 16.7 Å². The lowest BCUT2D eigenvalue weighted by Crippen LogP contribution is -2.37. The number of halogens is 1. The molecule has 0 saturated carbocycles. The normalized spacial score (nSPS) is 20.7. The van der Waals surface area contributed by atoms with E-state index in [1.165, 1.54) is 0 Å². The molecule has 3 rings (SSSR count). The van der Waals surface area contributed by atoms with E-state index in [4.69, 9.17) is 11.6 Å². The molecule has 0 amide bonds. The van der Waals surface area contributed by atoms with Crippen LogP contribution in [0.3, 0.4) is 0 Å². The first kappa shape index (κ1) is 12.8. The van der Waals surface area contributed by atoms with Crippen LogP contribution in [-0.2, 0) is 0 Å². The highest BCUT2D eigenvalue weighted by Gasteiger charge is 2.30. The predicted molar refractivity (Wildman–Crippen MR) is 77.7 cm³/mol. The van der Waals surface area contributed by atoms with Gasteiger partial charge in [0.05, 0.1) is 17.2 Å². The van der Waals surface area contributed by atoms with Crippen LogP contribution in [0.25, 0.3) is 11.0 Å². The summed E-state index contributed by atoms with van der Waals surface area (Å²) in [7, 11) is 0. The molecule has 4 nitrogen and oxygen atoms in total. The maximum absolute atomic E-state index is 12.2. The summed E-state index contributed by atoms with van der Waals surface area (Å²) in [5, 5.41) is 0.661. The molecule has 0 aliphatic carbocycles. The topological polar surface area (TPSA) is 41.0 Å². The molecule has 0 spiro atoms. The van der Waals surface area contributed by atoms with Crippen LogP contribution in [0.2, 0.25) is 5.02 Å². The number of fused-ring (bicyclic) bond motifs is 1. The van der Waals surface area contributed by atoms with Crippen LogP contribution >= 0.6 is 11.6 Å². The molecule has 102 valence electrons. The van der Waals surface area contributed by atoms with E-state index in [0.717, 1.165) is 30.4 Å². The van der Waals surface area contributed by atoms with E-state index >= 15 is 0 Å². The fourth-order valence-electron chi connectivity index (χ4n) is 3.04. The highest BCUT2D eigenvalue weighted by Crippen LogP contribution is 2.30. The van der Waals surface area contributed by atoms with Gasteiger partial charge in [-0.3, -0.25) is 9.47 Å². The molecule has 19 heavy (non-hydrogen) atoms. The minimum absolute atomic E-state index is 0.0465. The van der Waals surface area contributed by atoms with E-state index in [0.29, 0.717) is 11.1 Å². The Morgan fingerprint density at radius 2 is 2.21 bits per heavy atom. The summed E-state index contributed by atoms with van der Waals surface area (Å²) in [6, 6.07) is 5.97. The minimum Gasteiger partial charge on any atom is -0.305 e. The molecule has 1 aliphatic rings. The molecule has 2 aromatic rings. The number of aromatic amines is 1. The van der Waals surface area contributed by atoms with Crippen LogP contribution in [0.15, 0.2) is 23.0 Å². The van der Waals surface area contributed by atoms with Gasteiger partial charge in [0.1, 0.15) is 0 Å². The van der Waals surface area contributed by atoms with Crippen molar-refractivity contribution in [3.05, 3.63) is 33.7 Å². The number of imidazole rings is 1. The van der Waals surface area contributed by atoms with Crippen LogP contribution in [0.5, 0.6) is 0 Å². The molecule has 5 heteroatoms. The monoisotopic (exact) mass is 279 g/mol. The zero-order chi connectivity index (χ0) is 13.6. The van der Waals surface area contributed by atoms with Crippen LogP contribution in [0.4, 0.5) is 0 Å². The Labute approximate surface area is 117 Å². The van der Waals surface area contributed by atoms with Crippen LogP contribution in [0.1, 0.15) is 32.9 Å². The average molecular weight is 280 g/mol. The van der Waals surface area contributed by atoms with Crippen molar-refractivity contribution in [2.24, 2.45) is 0 Å². The molecule has 2 heterocycles. The molecule has 1 unspecified atom stereocenters. The summed E-state index contributed by atoms with van der Waals surface area (Å²) >= 11 is 6.06. The van der Waals surface area contributed by atoms with Gasteiger partial charge in [0.25, 0.3) is 0 Å². The lowest BCUT2D eigenvalue weighted by molar-refractivity contribution is 0.152. The molecule has 1 aliphatic heterocycles. The van der Waals surface area contributed by atoms with Crippen molar-refractivity contribution in [2.45, 2.75) is 38.9 Å². The standard InChI is InChI=1S/C14H18ClN3O/c1-9(2)17-7-3-4-13(17)18-12-8-10(15)5-6-11(12)16-14(18)19/h5-6,8-9,13H,3-4,7H2,1-2H3,(H,16,19). The number of nitrogens with zero attached hydrogens (tertiary/aromatic N) is 2. The van der Waals surface area contributed by atoms with Crippen molar-refractivity contribution in [1.29, 1.82) is 0 Å². The predicted octanol–water partition coefficient (Wildman–Crippen LogP) is 2.99. The lowest BCUT2D eigenvalue weighted by atomic mass is 10.2. The quantitative estimate of drug-likeness (QED) is 0.918. The van der Waals surface area contributed by atoms with Gasteiger partial charge in [-0.15, -0.1) is 0 Å². The van der Waals surface area contributed by atoms with Crippen LogP contribution < -0.4 is 5.69 Å². The zero-order valence-electron chi connectivity index (χ0n) is 11.2. The van der Waals surface area contributed by atoms with Gasteiger partial charge >= 0.3 is 5.69 Å². The van der Waals surface area contributed by atoms with E-state index in [-0.39, 0.29) is 11.9 Å². The Balaban J connectivity index is 2.16. The molecule has 0 bridgehead atoms. The van der Waals surface area contributed by atoms with Gasteiger partial charge in [-0.25, -0.2) is 4.79 Å². The van der Waals surface area contributed by atoms with Crippen LogP contribution in [0, 0.1) is 0 Å².